The molecule has 2 heterocycles. The molecular formula is C17H21ClFN5. The zero-order valence-corrected chi connectivity index (χ0v) is 14.4. The van der Waals surface area contributed by atoms with Crippen LogP contribution in [0, 0.1) is 5.82 Å². The average Bonchev–Trinajstić information content (AvgIpc) is 2.58. The summed E-state index contributed by atoms with van der Waals surface area (Å²) in [4.78, 5) is 6.74. The van der Waals surface area contributed by atoms with Crippen LogP contribution < -0.4 is 5.32 Å². The van der Waals surface area contributed by atoms with Gasteiger partial charge < -0.3 is 10.2 Å². The second-order valence-corrected chi connectivity index (χ2v) is 6.17. The molecule has 24 heavy (non-hydrogen) atoms. The van der Waals surface area contributed by atoms with Gasteiger partial charge in [-0.1, -0.05) is 17.7 Å². The molecule has 7 heteroatoms. The first-order chi connectivity index (χ1) is 11.7. The van der Waals surface area contributed by atoms with Crippen LogP contribution in [0.25, 0.3) is 0 Å². The SMILES string of the molecule is C=CCC1c2cc(Cl)cc(F)c2N=C(N2CCNCC2)N1/N=C\C. The van der Waals surface area contributed by atoms with Crippen molar-refractivity contribution < 1.29 is 4.39 Å². The third kappa shape index (κ3) is 3.16. The summed E-state index contributed by atoms with van der Waals surface area (Å²) in [5.74, 6) is 0.273. The van der Waals surface area contributed by atoms with Crippen molar-refractivity contribution in [3.63, 3.8) is 0 Å². The smallest absolute Gasteiger partial charge is 0.223 e. The van der Waals surface area contributed by atoms with Gasteiger partial charge in [0.15, 0.2) is 5.82 Å². The molecule has 1 atom stereocenters. The molecule has 1 unspecified atom stereocenters. The Bertz CT molecular complexity index is 682. The van der Waals surface area contributed by atoms with E-state index in [1.165, 1.54) is 6.07 Å². The van der Waals surface area contributed by atoms with E-state index in [-0.39, 0.29) is 6.04 Å². The molecule has 0 radical (unpaired) electrons. The third-order valence-electron chi connectivity index (χ3n) is 4.16. The number of hydrogen-bond donors (Lipinski definition) is 1. The van der Waals surface area contributed by atoms with E-state index in [2.05, 4.69) is 26.9 Å². The molecule has 0 saturated carbocycles. The van der Waals surface area contributed by atoms with Crippen molar-refractivity contribution in [2.75, 3.05) is 26.2 Å². The van der Waals surface area contributed by atoms with Crippen LogP contribution in [0.15, 0.2) is 34.9 Å². The molecule has 3 rings (SSSR count). The van der Waals surface area contributed by atoms with Gasteiger partial charge in [-0.05, 0) is 25.5 Å². The lowest BCUT2D eigenvalue weighted by Gasteiger charge is -2.40. The minimum Gasteiger partial charge on any atom is -0.338 e. The summed E-state index contributed by atoms with van der Waals surface area (Å²) in [7, 11) is 0. The summed E-state index contributed by atoms with van der Waals surface area (Å²) in [6.07, 6.45) is 4.15. The first-order valence-electron chi connectivity index (χ1n) is 8.07. The maximum Gasteiger partial charge on any atom is 0.223 e. The largest absolute Gasteiger partial charge is 0.338 e. The van der Waals surface area contributed by atoms with Crippen LogP contribution in [0.3, 0.4) is 0 Å². The number of piperazine rings is 1. The molecule has 5 nitrogen and oxygen atoms in total. The molecule has 0 aliphatic carbocycles. The Balaban J connectivity index is 2.13. The summed E-state index contributed by atoms with van der Waals surface area (Å²) in [6, 6.07) is 2.90. The highest BCUT2D eigenvalue weighted by molar-refractivity contribution is 6.30. The predicted octanol–water partition coefficient (Wildman–Crippen LogP) is 3.31. The number of aliphatic imine (C=N–C) groups is 1. The van der Waals surface area contributed by atoms with Gasteiger partial charge in [-0.15, -0.1) is 6.58 Å². The van der Waals surface area contributed by atoms with Gasteiger partial charge in [-0.3, -0.25) is 0 Å². The molecule has 1 fully saturated rings. The highest BCUT2D eigenvalue weighted by atomic mass is 35.5. The zero-order chi connectivity index (χ0) is 17.1. The van der Waals surface area contributed by atoms with E-state index in [1.807, 2.05) is 18.0 Å². The van der Waals surface area contributed by atoms with Crippen molar-refractivity contribution in [3.05, 3.63) is 41.2 Å². The minimum atomic E-state index is -0.403. The van der Waals surface area contributed by atoms with Gasteiger partial charge in [0.1, 0.15) is 5.69 Å². The lowest BCUT2D eigenvalue weighted by atomic mass is 9.99. The summed E-state index contributed by atoms with van der Waals surface area (Å²) < 4.78 is 14.5. The lowest BCUT2D eigenvalue weighted by Crippen LogP contribution is -2.52. The second-order valence-electron chi connectivity index (χ2n) is 5.73. The Morgan fingerprint density at radius 1 is 1.46 bits per heavy atom. The predicted molar refractivity (Wildman–Crippen MR) is 96.5 cm³/mol. The summed E-state index contributed by atoms with van der Waals surface area (Å²) in [5, 5.41) is 10.0. The van der Waals surface area contributed by atoms with Crippen molar-refractivity contribution in [1.82, 2.24) is 15.2 Å². The van der Waals surface area contributed by atoms with Gasteiger partial charge in [0.05, 0.1) is 6.04 Å². The number of guanidine groups is 1. The fraction of sp³-hybridized carbons (Fsp3) is 0.412. The highest BCUT2D eigenvalue weighted by Gasteiger charge is 2.34. The standard InChI is InChI=1S/C17H21ClFN5/c1-3-5-15-13-10-12(18)11-14(19)16(13)22-17(24(15)21-4-2)23-8-6-20-7-9-23/h3-4,10-11,15,20H,1,5-9H2,2H3/b21-4-. The molecule has 1 N–H and O–H groups in total. The molecule has 128 valence electrons. The average molecular weight is 350 g/mol. The van der Waals surface area contributed by atoms with E-state index >= 15 is 0 Å². The van der Waals surface area contributed by atoms with Crippen molar-refractivity contribution in [1.29, 1.82) is 0 Å². The molecule has 1 aromatic rings. The molecule has 1 saturated heterocycles. The topological polar surface area (TPSA) is 43.2 Å². The number of nitrogens with one attached hydrogen (secondary N) is 1. The summed E-state index contributed by atoms with van der Waals surface area (Å²) in [6.45, 7) is 9.03. The van der Waals surface area contributed by atoms with Crippen LogP contribution >= 0.6 is 11.6 Å². The van der Waals surface area contributed by atoms with Gasteiger partial charge in [-0.25, -0.2) is 14.4 Å². The molecule has 2 aliphatic rings. The Labute approximate surface area is 146 Å². The number of halogens is 2. The van der Waals surface area contributed by atoms with E-state index in [1.54, 1.807) is 12.3 Å². The van der Waals surface area contributed by atoms with E-state index in [9.17, 15) is 4.39 Å². The van der Waals surface area contributed by atoms with Crippen molar-refractivity contribution >= 4 is 29.5 Å². The van der Waals surface area contributed by atoms with E-state index in [0.717, 1.165) is 31.7 Å². The molecule has 0 amide bonds. The maximum absolute atomic E-state index is 14.5. The van der Waals surface area contributed by atoms with Gasteiger partial charge in [0, 0.05) is 43.0 Å². The molecule has 0 aromatic heterocycles. The van der Waals surface area contributed by atoms with Crippen LogP contribution in [0.5, 0.6) is 0 Å². The van der Waals surface area contributed by atoms with Crippen LogP contribution in [-0.4, -0.2) is 48.3 Å². The van der Waals surface area contributed by atoms with Crippen molar-refractivity contribution in [2.24, 2.45) is 10.1 Å². The first-order valence-corrected chi connectivity index (χ1v) is 8.45. The van der Waals surface area contributed by atoms with Gasteiger partial charge >= 0.3 is 0 Å². The maximum atomic E-state index is 14.5. The summed E-state index contributed by atoms with van der Waals surface area (Å²) in [5.41, 5.74) is 1.09. The Morgan fingerprint density at radius 3 is 2.88 bits per heavy atom. The van der Waals surface area contributed by atoms with E-state index in [0.29, 0.717) is 23.1 Å². The van der Waals surface area contributed by atoms with Crippen LogP contribution in [-0.2, 0) is 0 Å². The van der Waals surface area contributed by atoms with E-state index in [4.69, 9.17) is 11.6 Å². The lowest BCUT2D eigenvalue weighted by molar-refractivity contribution is 0.248. The number of hydrogen-bond acceptors (Lipinski definition) is 5. The molecule has 1 aromatic carbocycles. The van der Waals surface area contributed by atoms with Gasteiger partial charge in [0.25, 0.3) is 0 Å². The molecule has 0 bridgehead atoms. The van der Waals surface area contributed by atoms with E-state index < -0.39 is 5.82 Å². The number of fused-ring (bicyclic) bond motifs is 1. The molecular weight excluding hydrogens is 329 g/mol. The number of nitrogens with zero attached hydrogens (tertiary/aromatic N) is 4. The molecule has 2 aliphatic heterocycles. The molecule has 0 spiro atoms. The first kappa shape index (κ1) is 16.9. The Kier molecular flexibility index (Phi) is 5.16. The number of hydrazone groups is 1. The third-order valence-corrected chi connectivity index (χ3v) is 4.38. The monoisotopic (exact) mass is 349 g/mol. The Hall–Kier alpha value is -1.92. The second kappa shape index (κ2) is 7.32. The fourth-order valence-corrected chi connectivity index (χ4v) is 3.32. The summed E-state index contributed by atoms with van der Waals surface area (Å²) >= 11 is 6.07. The van der Waals surface area contributed by atoms with Crippen molar-refractivity contribution in [2.45, 2.75) is 19.4 Å². The minimum absolute atomic E-state index is 0.177. The number of rotatable bonds is 3. The normalized spacial score (nSPS) is 21.0. The van der Waals surface area contributed by atoms with Gasteiger partial charge in [-0.2, -0.15) is 5.10 Å². The van der Waals surface area contributed by atoms with Crippen molar-refractivity contribution in [3.8, 4) is 0 Å². The van der Waals surface area contributed by atoms with Gasteiger partial charge in [0.2, 0.25) is 5.96 Å². The zero-order valence-electron chi connectivity index (χ0n) is 13.7. The Morgan fingerprint density at radius 2 is 2.21 bits per heavy atom. The van der Waals surface area contributed by atoms with Crippen LogP contribution in [0.2, 0.25) is 5.02 Å². The fourth-order valence-electron chi connectivity index (χ4n) is 3.10. The highest BCUT2D eigenvalue weighted by Crippen LogP contribution is 2.41. The number of benzene rings is 1. The van der Waals surface area contributed by atoms with Crippen LogP contribution in [0.1, 0.15) is 24.9 Å². The quantitative estimate of drug-likeness (QED) is 0.672. The van der Waals surface area contributed by atoms with Crippen LogP contribution in [0.4, 0.5) is 10.1 Å².